The molecule has 0 saturated heterocycles. The summed E-state index contributed by atoms with van der Waals surface area (Å²) in [5.74, 6) is -0.845. The molecular weight excluding hydrogens is 410 g/mol. The van der Waals surface area contributed by atoms with E-state index in [4.69, 9.17) is 9.47 Å². The quantitative estimate of drug-likeness (QED) is 0.696. The van der Waals surface area contributed by atoms with Crippen LogP contribution in [0.5, 0.6) is 0 Å². The summed E-state index contributed by atoms with van der Waals surface area (Å²) in [5, 5.41) is 0. The second-order valence-corrected chi connectivity index (χ2v) is 7.58. The van der Waals surface area contributed by atoms with Crippen molar-refractivity contribution in [2.75, 3.05) is 12.0 Å². The Labute approximate surface area is 165 Å². The van der Waals surface area contributed by atoms with Gasteiger partial charge in [-0.15, -0.1) is 0 Å². The molecule has 6 heteroatoms. The van der Waals surface area contributed by atoms with E-state index in [9.17, 15) is 9.59 Å². The largest absolute Gasteiger partial charge is 0.500 e. The zero-order valence-electron chi connectivity index (χ0n) is 14.9. The summed E-state index contributed by atoms with van der Waals surface area (Å²) < 4.78 is 11.9. The average Bonchev–Trinajstić information content (AvgIpc) is 2.88. The highest BCUT2D eigenvalue weighted by Crippen LogP contribution is 2.52. The van der Waals surface area contributed by atoms with Crippen LogP contribution in [0.1, 0.15) is 18.1 Å². The third kappa shape index (κ3) is 2.67. The molecular formula is C21H18BrNO4. The molecule has 0 bridgehead atoms. The summed E-state index contributed by atoms with van der Waals surface area (Å²) in [6.45, 7) is 2.24. The number of esters is 1. The molecule has 2 heterocycles. The molecule has 4 rings (SSSR count). The molecule has 0 radical (unpaired) electrons. The van der Waals surface area contributed by atoms with Crippen molar-refractivity contribution in [1.82, 2.24) is 0 Å². The van der Waals surface area contributed by atoms with Crippen LogP contribution in [0.2, 0.25) is 0 Å². The number of fused-ring (bicyclic) bond motifs is 2. The van der Waals surface area contributed by atoms with Gasteiger partial charge >= 0.3 is 5.97 Å². The van der Waals surface area contributed by atoms with Crippen molar-refractivity contribution in [3.8, 4) is 0 Å². The first-order valence-electron chi connectivity index (χ1n) is 8.62. The van der Waals surface area contributed by atoms with Crippen molar-refractivity contribution in [3.63, 3.8) is 0 Å². The Morgan fingerprint density at radius 1 is 1.19 bits per heavy atom. The van der Waals surface area contributed by atoms with E-state index < -0.39 is 17.5 Å². The van der Waals surface area contributed by atoms with Gasteiger partial charge in [0.15, 0.2) is 0 Å². The molecule has 2 aromatic rings. The fourth-order valence-electron chi connectivity index (χ4n) is 3.86. The predicted octanol–water partition coefficient (Wildman–Crippen LogP) is 3.91. The maximum absolute atomic E-state index is 13.6. The summed E-state index contributed by atoms with van der Waals surface area (Å²) in [5.41, 5.74) is 0.977. The standard InChI is InChI=1S/C21H18BrNO4/c1-13-18(26-2)11-19(24)27-21(13)16-10-15(22)8-9-17(16)23(20(21)25)12-14-6-4-3-5-7-14/h3-11,13H,12H2,1-2H3/t13-,21-/m1/s1. The van der Waals surface area contributed by atoms with Crippen LogP contribution in [-0.4, -0.2) is 19.0 Å². The van der Waals surface area contributed by atoms with Gasteiger partial charge in [-0.25, -0.2) is 4.79 Å². The van der Waals surface area contributed by atoms with Gasteiger partial charge in [-0.05, 0) is 23.8 Å². The first-order chi connectivity index (χ1) is 13.0. The Bertz CT molecular complexity index is 956. The van der Waals surface area contributed by atoms with Crippen molar-refractivity contribution in [2.24, 2.45) is 5.92 Å². The number of anilines is 1. The number of benzene rings is 2. The van der Waals surface area contributed by atoms with Crippen molar-refractivity contribution >= 4 is 33.5 Å². The SMILES string of the molecule is COC1=CC(=O)O[C@]2(C(=O)N(Cc3ccccc3)c3ccc(Br)cc32)[C@@H]1C. The third-order valence-electron chi connectivity index (χ3n) is 5.19. The molecule has 0 fully saturated rings. The van der Waals surface area contributed by atoms with E-state index >= 15 is 0 Å². The number of hydrogen-bond acceptors (Lipinski definition) is 4. The highest BCUT2D eigenvalue weighted by Gasteiger charge is 2.60. The molecule has 0 N–H and O–H groups in total. The second-order valence-electron chi connectivity index (χ2n) is 6.67. The summed E-state index contributed by atoms with van der Waals surface area (Å²) in [4.78, 5) is 27.6. The minimum Gasteiger partial charge on any atom is -0.500 e. The van der Waals surface area contributed by atoms with Gasteiger partial charge in [-0.1, -0.05) is 53.2 Å². The first kappa shape index (κ1) is 17.8. The van der Waals surface area contributed by atoms with Gasteiger partial charge in [0.25, 0.3) is 5.91 Å². The Hall–Kier alpha value is -2.60. The van der Waals surface area contributed by atoms with E-state index in [1.165, 1.54) is 13.2 Å². The molecule has 0 saturated carbocycles. The van der Waals surface area contributed by atoms with Gasteiger partial charge in [-0.2, -0.15) is 0 Å². The summed E-state index contributed by atoms with van der Waals surface area (Å²) >= 11 is 3.47. The average molecular weight is 428 g/mol. The lowest BCUT2D eigenvalue weighted by Gasteiger charge is -2.37. The smallest absolute Gasteiger partial charge is 0.335 e. The Morgan fingerprint density at radius 3 is 2.63 bits per heavy atom. The molecule has 0 aromatic heterocycles. The zero-order chi connectivity index (χ0) is 19.2. The Kier molecular flexibility index (Phi) is 4.30. The lowest BCUT2D eigenvalue weighted by molar-refractivity contribution is -0.172. The Morgan fingerprint density at radius 2 is 1.93 bits per heavy atom. The topological polar surface area (TPSA) is 55.8 Å². The number of halogens is 1. The van der Waals surface area contributed by atoms with Crippen molar-refractivity contribution in [2.45, 2.75) is 19.1 Å². The van der Waals surface area contributed by atoms with Crippen LogP contribution >= 0.6 is 15.9 Å². The molecule has 138 valence electrons. The van der Waals surface area contributed by atoms with Crippen molar-refractivity contribution in [1.29, 1.82) is 0 Å². The van der Waals surface area contributed by atoms with Gasteiger partial charge in [0, 0.05) is 10.0 Å². The number of amides is 1. The highest BCUT2D eigenvalue weighted by atomic mass is 79.9. The highest BCUT2D eigenvalue weighted by molar-refractivity contribution is 9.10. The molecule has 27 heavy (non-hydrogen) atoms. The summed E-state index contributed by atoms with van der Waals surface area (Å²) in [6, 6.07) is 15.3. The minimum absolute atomic E-state index is 0.261. The number of methoxy groups -OCH3 is 1. The second kappa shape index (κ2) is 6.53. The maximum atomic E-state index is 13.6. The van der Waals surface area contributed by atoms with E-state index in [0.717, 1.165) is 15.7 Å². The normalized spacial score (nSPS) is 23.9. The van der Waals surface area contributed by atoms with E-state index in [-0.39, 0.29) is 5.91 Å². The molecule has 2 aliphatic heterocycles. The molecule has 5 nitrogen and oxygen atoms in total. The molecule has 1 amide bonds. The van der Waals surface area contributed by atoms with Gasteiger partial charge in [-0.3, -0.25) is 4.79 Å². The molecule has 0 unspecified atom stereocenters. The van der Waals surface area contributed by atoms with E-state index in [2.05, 4.69) is 15.9 Å². The van der Waals surface area contributed by atoms with Gasteiger partial charge in [0.05, 0.1) is 31.3 Å². The summed E-state index contributed by atoms with van der Waals surface area (Å²) in [7, 11) is 1.50. The van der Waals surface area contributed by atoms with Crippen LogP contribution in [0.3, 0.4) is 0 Å². The fourth-order valence-corrected chi connectivity index (χ4v) is 4.22. The number of ether oxygens (including phenoxy) is 2. The molecule has 1 spiro atoms. The monoisotopic (exact) mass is 427 g/mol. The van der Waals surface area contributed by atoms with Crippen molar-refractivity contribution in [3.05, 3.63) is 76.0 Å². The number of rotatable bonds is 3. The zero-order valence-corrected chi connectivity index (χ0v) is 16.5. The lowest BCUT2D eigenvalue weighted by atomic mass is 9.80. The number of carbonyl (C=O) groups is 2. The summed E-state index contributed by atoms with van der Waals surface area (Å²) in [6.07, 6.45) is 1.31. The van der Waals surface area contributed by atoms with E-state index in [1.807, 2.05) is 55.5 Å². The van der Waals surface area contributed by atoms with Gasteiger partial charge in [0.1, 0.15) is 5.76 Å². The number of nitrogens with zero attached hydrogens (tertiary/aromatic N) is 1. The van der Waals surface area contributed by atoms with Crippen LogP contribution in [0.25, 0.3) is 0 Å². The minimum atomic E-state index is -1.43. The van der Waals surface area contributed by atoms with Gasteiger partial charge < -0.3 is 14.4 Å². The Balaban J connectivity index is 1.87. The third-order valence-corrected chi connectivity index (χ3v) is 5.68. The predicted molar refractivity (Wildman–Crippen MR) is 104 cm³/mol. The fraction of sp³-hybridized carbons (Fsp3) is 0.238. The van der Waals surface area contributed by atoms with Crippen LogP contribution in [0.15, 0.2) is 64.8 Å². The molecule has 2 aromatic carbocycles. The van der Waals surface area contributed by atoms with Crippen LogP contribution in [0, 0.1) is 5.92 Å². The van der Waals surface area contributed by atoms with Crippen LogP contribution in [0.4, 0.5) is 5.69 Å². The van der Waals surface area contributed by atoms with Crippen LogP contribution in [-0.2, 0) is 31.2 Å². The number of carbonyl (C=O) groups excluding carboxylic acids is 2. The lowest BCUT2D eigenvalue weighted by Crippen LogP contribution is -2.50. The van der Waals surface area contributed by atoms with Gasteiger partial charge in [0.2, 0.25) is 5.60 Å². The molecule has 2 atom stereocenters. The van der Waals surface area contributed by atoms with Crippen molar-refractivity contribution < 1.29 is 19.1 Å². The van der Waals surface area contributed by atoms with E-state index in [1.54, 1.807) is 4.90 Å². The van der Waals surface area contributed by atoms with E-state index in [0.29, 0.717) is 17.9 Å². The van der Waals surface area contributed by atoms with Crippen LogP contribution < -0.4 is 4.90 Å². The number of hydrogen-bond donors (Lipinski definition) is 0. The molecule has 0 aliphatic carbocycles. The molecule has 2 aliphatic rings. The first-order valence-corrected chi connectivity index (χ1v) is 9.41. The maximum Gasteiger partial charge on any atom is 0.335 e.